The predicted octanol–water partition coefficient (Wildman–Crippen LogP) is 2.25. The molecule has 2 aliphatic rings. The minimum atomic E-state index is -0.390. The summed E-state index contributed by atoms with van der Waals surface area (Å²) in [5, 5.41) is 1.10. The van der Waals surface area contributed by atoms with Gasteiger partial charge in [0.25, 0.3) is 6.02 Å². The van der Waals surface area contributed by atoms with Crippen molar-refractivity contribution in [1.82, 2.24) is 9.97 Å². The number of ether oxygens (including phenoxy) is 2. The van der Waals surface area contributed by atoms with Crippen LogP contribution in [0.15, 0.2) is 47.7 Å². The zero-order chi connectivity index (χ0) is 16.1. The average molecular weight is 320 g/mol. The minimum absolute atomic E-state index is 0.250. The first kappa shape index (κ1) is 13.4. The highest BCUT2D eigenvalue weighted by Crippen LogP contribution is 2.36. The van der Waals surface area contributed by atoms with Crippen LogP contribution >= 0.6 is 0 Å². The van der Waals surface area contributed by atoms with Crippen LogP contribution in [0, 0.1) is 0 Å². The van der Waals surface area contributed by atoms with Crippen molar-refractivity contribution in [2.75, 3.05) is 13.2 Å². The Hall–Kier alpha value is -3.02. The summed E-state index contributed by atoms with van der Waals surface area (Å²) in [5.74, 6) is 0.903. The second-order valence-electron chi connectivity index (χ2n) is 6.39. The van der Waals surface area contributed by atoms with Crippen LogP contribution in [0.1, 0.15) is 5.56 Å². The summed E-state index contributed by atoms with van der Waals surface area (Å²) in [6.07, 6.45) is 4.54. The number of hydrogen-bond donors (Lipinski definition) is 2. The number of rotatable bonds is 1. The smallest absolute Gasteiger partial charge is 0.282 e. The van der Waals surface area contributed by atoms with Gasteiger partial charge in [0.2, 0.25) is 0 Å². The molecule has 2 aromatic heterocycles. The number of nitrogens with two attached hydrogens (primary N) is 1. The third kappa shape index (κ3) is 2.03. The fourth-order valence-electron chi connectivity index (χ4n) is 3.42. The number of pyridine rings is 1. The fourth-order valence-corrected chi connectivity index (χ4v) is 3.42. The van der Waals surface area contributed by atoms with E-state index in [0.29, 0.717) is 13.2 Å². The van der Waals surface area contributed by atoms with Crippen LogP contribution in [-0.4, -0.2) is 34.7 Å². The maximum Gasteiger partial charge on any atom is 0.282 e. The van der Waals surface area contributed by atoms with Crippen LogP contribution in [0.4, 0.5) is 0 Å². The van der Waals surface area contributed by atoms with Gasteiger partial charge < -0.3 is 20.2 Å². The molecule has 5 rings (SSSR count). The van der Waals surface area contributed by atoms with E-state index in [1.807, 2.05) is 24.5 Å². The van der Waals surface area contributed by atoms with Crippen molar-refractivity contribution in [3.8, 4) is 16.9 Å². The van der Waals surface area contributed by atoms with Crippen LogP contribution in [0.3, 0.4) is 0 Å². The lowest BCUT2D eigenvalue weighted by molar-refractivity contribution is 0.153. The van der Waals surface area contributed by atoms with Gasteiger partial charge in [-0.05, 0) is 35.4 Å². The number of nitrogens with one attached hydrogen (secondary N) is 1. The minimum Gasteiger partial charge on any atom is -0.491 e. The number of aliphatic imine (C=N–C) groups is 1. The number of H-pyrrole nitrogens is 1. The Kier molecular flexibility index (Phi) is 2.65. The van der Waals surface area contributed by atoms with Gasteiger partial charge in [-0.2, -0.15) is 0 Å². The van der Waals surface area contributed by atoms with Crippen molar-refractivity contribution in [3.63, 3.8) is 0 Å². The van der Waals surface area contributed by atoms with E-state index in [-0.39, 0.29) is 6.02 Å². The van der Waals surface area contributed by atoms with Crippen LogP contribution in [0.2, 0.25) is 0 Å². The first-order valence-corrected chi connectivity index (χ1v) is 7.88. The molecule has 0 bridgehead atoms. The van der Waals surface area contributed by atoms with Crippen molar-refractivity contribution in [3.05, 3.63) is 48.3 Å². The largest absolute Gasteiger partial charge is 0.491 e. The topological polar surface area (TPSA) is 85.5 Å². The fraction of sp³-hybridized carbons (Fsp3) is 0.222. The lowest BCUT2D eigenvalue weighted by Gasteiger charge is -2.30. The maximum atomic E-state index is 5.89. The lowest BCUT2D eigenvalue weighted by atomic mass is 9.89. The number of aromatic amines is 1. The molecule has 0 saturated heterocycles. The quantitative estimate of drug-likeness (QED) is 0.720. The molecule has 0 radical (unpaired) electrons. The van der Waals surface area contributed by atoms with Crippen LogP contribution < -0.4 is 10.5 Å². The SMILES string of the molecule is NC1=NC2(CO1)COc1ccc(-c3cnc4[nH]ccc4c3)cc1C2. The van der Waals surface area contributed by atoms with E-state index in [1.165, 1.54) is 0 Å². The second kappa shape index (κ2) is 4.74. The Morgan fingerprint density at radius 2 is 2.00 bits per heavy atom. The van der Waals surface area contributed by atoms with Gasteiger partial charge in [0.1, 0.15) is 30.1 Å². The van der Waals surface area contributed by atoms with Crippen molar-refractivity contribution in [1.29, 1.82) is 0 Å². The number of aromatic nitrogens is 2. The monoisotopic (exact) mass is 320 g/mol. The molecule has 3 aromatic rings. The molecular weight excluding hydrogens is 304 g/mol. The molecule has 0 amide bonds. The number of fused-ring (bicyclic) bond motifs is 2. The van der Waals surface area contributed by atoms with Gasteiger partial charge in [-0.1, -0.05) is 6.07 Å². The molecule has 4 heterocycles. The van der Waals surface area contributed by atoms with E-state index in [1.54, 1.807) is 0 Å². The second-order valence-corrected chi connectivity index (χ2v) is 6.39. The molecule has 0 aliphatic carbocycles. The standard InChI is InChI=1S/C18H16N4O2/c19-17-22-18(10-24-17)7-13-5-11(1-2-15(13)23-9-18)14-6-12-3-4-20-16(12)21-8-14/h1-6,8H,7,9-10H2,(H2,19,22)(H,20,21). The number of benzene rings is 1. The molecule has 1 atom stereocenters. The summed E-state index contributed by atoms with van der Waals surface area (Å²) in [5.41, 5.74) is 9.50. The van der Waals surface area contributed by atoms with Gasteiger partial charge in [0.05, 0.1) is 0 Å². The summed E-state index contributed by atoms with van der Waals surface area (Å²) in [4.78, 5) is 12.0. The van der Waals surface area contributed by atoms with Gasteiger partial charge in [-0.25, -0.2) is 9.98 Å². The third-order valence-electron chi connectivity index (χ3n) is 4.65. The molecule has 6 heteroatoms. The zero-order valence-electron chi connectivity index (χ0n) is 13.0. The van der Waals surface area contributed by atoms with Gasteiger partial charge >= 0.3 is 0 Å². The molecule has 1 spiro atoms. The van der Waals surface area contributed by atoms with Crippen molar-refractivity contribution >= 4 is 17.1 Å². The first-order chi connectivity index (χ1) is 11.7. The summed E-state index contributed by atoms with van der Waals surface area (Å²) >= 11 is 0. The molecule has 6 nitrogen and oxygen atoms in total. The summed E-state index contributed by atoms with van der Waals surface area (Å²) in [6, 6.07) is 10.6. The zero-order valence-corrected chi connectivity index (χ0v) is 13.0. The van der Waals surface area contributed by atoms with Crippen molar-refractivity contribution in [2.45, 2.75) is 12.0 Å². The predicted molar refractivity (Wildman–Crippen MR) is 91.0 cm³/mol. The number of hydrogen-bond acceptors (Lipinski definition) is 5. The van der Waals surface area contributed by atoms with E-state index in [9.17, 15) is 0 Å². The summed E-state index contributed by atoms with van der Waals surface area (Å²) < 4.78 is 11.2. The van der Waals surface area contributed by atoms with E-state index >= 15 is 0 Å². The van der Waals surface area contributed by atoms with Gasteiger partial charge in [0.15, 0.2) is 0 Å². The first-order valence-electron chi connectivity index (χ1n) is 7.88. The third-order valence-corrected chi connectivity index (χ3v) is 4.65. The van der Waals surface area contributed by atoms with Crippen LogP contribution in [0.5, 0.6) is 5.75 Å². The van der Waals surface area contributed by atoms with E-state index < -0.39 is 5.54 Å². The Morgan fingerprint density at radius 1 is 1.08 bits per heavy atom. The summed E-state index contributed by atoms with van der Waals surface area (Å²) in [7, 11) is 0. The highest BCUT2D eigenvalue weighted by molar-refractivity contribution is 5.81. The Balaban J connectivity index is 1.54. The lowest BCUT2D eigenvalue weighted by Crippen LogP contribution is -2.41. The average Bonchev–Trinajstić information content (AvgIpc) is 3.20. The van der Waals surface area contributed by atoms with Crippen molar-refractivity contribution < 1.29 is 9.47 Å². The molecule has 120 valence electrons. The molecular formula is C18H16N4O2. The maximum absolute atomic E-state index is 5.89. The van der Waals surface area contributed by atoms with Crippen molar-refractivity contribution in [2.24, 2.45) is 10.7 Å². The Bertz CT molecular complexity index is 978. The Labute approximate surface area is 138 Å². The van der Waals surface area contributed by atoms with Crippen LogP contribution in [0.25, 0.3) is 22.2 Å². The highest BCUT2D eigenvalue weighted by Gasteiger charge is 2.41. The molecule has 0 fully saturated rings. The van der Waals surface area contributed by atoms with Crippen LogP contribution in [-0.2, 0) is 11.2 Å². The highest BCUT2D eigenvalue weighted by atomic mass is 16.5. The summed E-state index contributed by atoms with van der Waals surface area (Å²) in [6.45, 7) is 0.969. The molecule has 24 heavy (non-hydrogen) atoms. The van der Waals surface area contributed by atoms with Gasteiger partial charge in [0, 0.05) is 29.8 Å². The number of nitrogens with zero attached hydrogens (tertiary/aromatic N) is 2. The molecule has 1 unspecified atom stereocenters. The van der Waals surface area contributed by atoms with Gasteiger partial charge in [-0.15, -0.1) is 0 Å². The number of amidine groups is 1. The normalized spacial score (nSPS) is 22.1. The molecule has 3 N–H and O–H groups in total. The van der Waals surface area contributed by atoms with Gasteiger partial charge in [-0.3, -0.25) is 0 Å². The van der Waals surface area contributed by atoms with E-state index in [2.05, 4.69) is 33.2 Å². The molecule has 2 aliphatic heterocycles. The molecule has 1 aromatic carbocycles. The Morgan fingerprint density at radius 3 is 2.88 bits per heavy atom. The molecule has 0 saturated carbocycles. The van der Waals surface area contributed by atoms with E-state index in [0.717, 1.165) is 39.9 Å². The van der Waals surface area contributed by atoms with E-state index in [4.69, 9.17) is 15.2 Å².